The molecule has 0 aliphatic carbocycles. The molecule has 0 fully saturated rings. The Morgan fingerprint density at radius 3 is 2.94 bits per heavy atom. The van der Waals surface area contributed by atoms with E-state index >= 15 is 0 Å². The molecule has 0 saturated heterocycles. The fourth-order valence-electron chi connectivity index (χ4n) is 1.84. The van der Waals surface area contributed by atoms with Crippen molar-refractivity contribution in [3.63, 3.8) is 0 Å². The minimum atomic E-state index is 0.773. The average Bonchev–Trinajstić information content (AvgIpc) is 2.82. The zero-order valence-corrected chi connectivity index (χ0v) is 10.2. The van der Waals surface area contributed by atoms with Gasteiger partial charge >= 0.3 is 0 Å². The Labute approximate surface area is 103 Å². The monoisotopic (exact) mass is 241 g/mol. The fraction of sp³-hybridized carbons (Fsp3) is 0.0769. The highest BCUT2D eigenvalue weighted by Gasteiger charge is 2.08. The Hall–Kier alpha value is -1.81. The lowest BCUT2D eigenvalue weighted by Gasteiger charge is -2.00. The van der Waals surface area contributed by atoms with Gasteiger partial charge in [-0.3, -0.25) is 0 Å². The Kier molecular flexibility index (Phi) is 2.57. The zero-order chi connectivity index (χ0) is 11.7. The van der Waals surface area contributed by atoms with E-state index in [1.807, 2.05) is 30.7 Å². The van der Waals surface area contributed by atoms with Gasteiger partial charge in [-0.25, -0.2) is 9.97 Å². The average molecular weight is 241 g/mol. The van der Waals surface area contributed by atoms with Crippen molar-refractivity contribution in [3.05, 3.63) is 42.7 Å². The first-order valence-electron chi connectivity index (χ1n) is 5.32. The highest BCUT2D eigenvalue weighted by Crippen LogP contribution is 2.26. The molecule has 3 aromatic rings. The summed E-state index contributed by atoms with van der Waals surface area (Å²) in [6.45, 7) is 0. The molecule has 2 heterocycles. The van der Waals surface area contributed by atoms with E-state index in [1.54, 1.807) is 18.0 Å². The van der Waals surface area contributed by atoms with Crippen molar-refractivity contribution in [3.8, 4) is 11.4 Å². The van der Waals surface area contributed by atoms with Crippen LogP contribution in [0.3, 0.4) is 0 Å². The first-order chi connectivity index (χ1) is 8.38. The van der Waals surface area contributed by atoms with E-state index in [4.69, 9.17) is 0 Å². The van der Waals surface area contributed by atoms with Crippen LogP contribution in [0.15, 0.2) is 47.8 Å². The lowest BCUT2D eigenvalue weighted by atomic mass is 10.1. The largest absolute Gasteiger partial charge is 0.360 e. The van der Waals surface area contributed by atoms with Gasteiger partial charge in [0.2, 0.25) is 0 Å². The van der Waals surface area contributed by atoms with E-state index in [1.165, 1.54) is 0 Å². The summed E-state index contributed by atoms with van der Waals surface area (Å²) in [7, 11) is 0. The molecule has 0 saturated carbocycles. The third-order valence-electron chi connectivity index (χ3n) is 2.67. The molecule has 2 aromatic heterocycles. The van der Waals surface area contributed by atoms with Gasteiger partial charge in [-0.2, -0.15) is 0 Å². The maximum atomic E-state index is 4.52. The summed E-state index contributed by atoms with van der Waals surface area (Å²) in [6.07, 6.45) is 5.78. The Bertz CT molecular complexity index is 660. The molecule has 0 aliphatic rings. The molecule has 0 spiro atoms. The minimum absolute atomic E-state index is 0.773. The van der Waals surface area contributed by atoms with Gasteiger partial charge in [-0.15, -0.1) is 11.8 Å². The number of thioether (sulfide) groups is 1. The molecule has 3 rings (SSSR count). The maximum Gasteiger partial charge on any atom is 0.162 e. The molecular weight excluding hydrogens is 230 g/mol. The summed E-state index contributed by atoms with van der Waals surface area (Å²) >= 11 is 1.62. The van der Waals surface area contributed by atoms with Gasteiger partial charge in [0.1, 0.15) is 0 Å². The quantitative estimate of drug-likeness (QED) is 0.552. The standard InChI is InChI=1S/C13H11N3S/c1-17-12-6-7-14-13(16-12)10-8-15-11-5-3-2-4-9(10)11/h2-8,15H,1H3. The number of nitrogens with zero attached hydrogens (tertiary/aromatic N) is 2. The van der Waals surface area contributed by atoms with Crippen molar-refractivity contribution < 1.29 is 0 Å². The van der Waals surface area contributed by atoms with Crippen LogP contribution in [0, 0.1) is 0 Å². The minimum Gasteiger partial charge on any atom is -0.360 e. The number of H-pyrrole nitrogens is 1. The Morgan fingerprint density at radius 1 is 1.18 bits per heavy atom. The van der Waals surface area contributed by atoms with Crippen LogP contribution in [-0.4, -0.2) is 21.2 Å². The van der Waals surface area contributed by atoms with Gasteiger partial charge in [0, 0.05) is 28.9 Å². The molecule has 0 atom stereocenters. The predicted molar refractivity (Wildman–Crippen MR) is 71.1 cm³/mol. The first kappa shape index (κ1) is 10.4. The molecule has 1 aromatic carbocycles. The molecule has 4 heteroatoms. The number of rotatable bonds is 2. The summed E-state index contributed by atoms with van der Waals surface area (Å²) in [5.74, 6) is 0.773. The van der Waals surface area contributed by atoms with E-state index in [0.717, 1.165) is 27.3 Å². The SMILES string of the molecule is CSc1ccnc(-c2c[nH]c3ccccc23)n1. The second kappa shape index (κ2) is 4.22. The molecule has 3 nitrogen and oxygen atoms in total. The van der Waals surface area contributed by atoms with E-state index in [9.17, 15) is 0 Å². The number of nitrogens with one attached hydrogen (secondary N) is 1. The molecule has 0 unspecified atom stereocenters. The van der Waals surface area contributed by atoms with E-state index in [-0.39, 0.29) is 0 Å². The third kappa shape index (κ3) is 1.80. The molecule has 84 valence electrons. The zero-order valence-electron chi connectivity index (χ0n) is 9.34. The molecule has 0 bridgehead atoms. The fourth-order valence-corrected chi connectivity index (χ4v) is 2.22. The van der Waals surface area contributed by atoms with Crippen molar-refractivity contribution in [1.82, 2.24) is 15.0 Å². The summed E-state index contributed by atoms with van der Waals surface area (Å²) < 4.78 is 0. The summed E-state index contributed by atoms with van der Waals surface area (Å²) in [5, 5.41) is 2.14. The lowest BCUT2D eigenvalue weighted by Crippen LogP contribution is -1.88. The van der Waals surface area contributed by atoms with Crippen molar-refractivity contribution >= 4 is 22.7 Å². The van der Waals surface area contributed by atoms with Crippen LogP contribution >= 0.6 is 11.8 Å². The summed E-state index contributed by atoms with van der Waals surface area (Å²) in [4.78, 5) is 12.1. The van der Waals surface area contributed by atoms with Crippen LogP contribution in [0.1, 0.15) is 0 Å². The van der Waals surface area contributed by atoms with Crippen LogP contribution in [0.25, 0.3) is 22.3 Å². The highest BCUT2D eigenvalue weighted by molar-refractivity contribution is 7.98. The molecule has 17 heavy (non-hydrogen) atoms. The molecular formula is C13H11N3S. The van der Waals surface area contributed by atoms with E-state index < -0.39 is 0 Å². The van der Waals surface area contributed by atoms with Crippen LogP contribution in [0.2, 0.25) is 0 Å². The molecule has 0 radical (unpaired) electrons. The van der Waals surface area contributed by atoms with Gasteiger partial charge in [0.05, 0.1) is 5.03 Å². The Morgan fingerprint density at radius 2 is 2.06 bits per heavy atom. The number of benzene rings is 1. The van der Waals surface area contributed by atoms with E-state index in [0.29, 0.717) is 0 Å². The van der Waals surface area contributed by atoms with Crippen molar-refractivity contribution in [2.45, 2.75) is 5.03 Å². The lowest BCUT2D eigenvalue weighted by molar-refractivity contribution is 1.06. The number of aromatic amines is 1. The molecule has 0 aliphatic heterocycles. The third-order valence-corrected chi connectivity index (χ3v) is 3.31. The Balaban J connectivity index is 2.20. The smallest absolute Gasteiger partial charge is 0.162 e. The van der Waals surface area contributed by atoms with Crippen molar-refractivity contribution in [2.75, 3.05) is 6.26 Å². The number of hydrogen-bond acceptors (Lipinski definition) is 3. The van der Waals surface area contributed by atoms with E-state index in [2.05, 4.69) is 27.1 Å². The number of para-hydroxylation sites is 1. The molecule has 1 N–H and O–H groups in total. The number of fused-ring (bicyclic) bond motifs is 1. The van der Waals surface area contributed by atoms with Gasteiger partial charge in [-0.1, -0.05) is 18.2 Å². The highest BCUT2D eigenvalue weighted by atomic mass is 32.2. The first-order valence-corrected chi connectivity index (χ1v) is 6.54. The van der Waals surface area contributed by atoms with Gasteiger partial charge in [0.15, 0.2) is 5.82 Å². The summed E-state index contributed by atoms with van der Waals surface area (Å²) in [6, 6.07) is 10.1. The summed E-state index contributed by atoms with van der Waals surface area (Å²) in [5.41, 5.74) is 2.16. The van der Waals surface area contributed by atoms with Crippen LogP contribution in [0.5, 0.6) is 0 Å². The normalized spacial score (nSPS) is 10.9. The van der Waals surface area contributed by atoms with Crippen molar-refractivity contribution in [1.29, 1.82) is 0 Å². The van der Waals surface area contributed by atoms with Gasteiger partial charge in [0.25, 0.3) is 0 Å². The second-order valence-electron chi connectivity index (χ2n) is 3.67. The van der Waals surface area contributed by atoms with Crippen LogP contribution < -0.4 is 0 Å². The van der Waals surface area contributed by atoms with Gasteiger partial charge < -0.3 is 4.98 Å². The topological polar surface area (TPSA) is 41.6 Å². The number of aromatic nitrogens is 3. The van der Waals surface area contributed by atoms with Crippen molar-refractivity contribution in [2.24, 2.45) is 0 Å². The van der Waals surface area contributed by atoms with Crippen LogP contribution in [0.4, 0.5) is 0 Å². The van der Waals surface area contributed by atoms with Crippen LogP contribution in [-0.2, 0) is 0 Å². The predicted octanol–water partition coefficient (Wildman–Crippen LogP) is 3.35. The second-order valence-corrected chi connectivity index (χ2v) is 4.50. The maximum absolute atomic E-state index is 4.52. The van der Waals surface area contributed by atoms with Gasteiger partial charge in [-0.05, 0) is 18.4 Å². The molecule has 0 amide bonds. The number of hydrogen-bond donors (Lipinski definition) is 1.